The number of rotatable bonds is 10. The number of carbonyl (C=O) groups excluding carboxylic acids is 2. The number of fused-ring (bicyclic) bond motifs is 1. The van der Waals surface area contributed by atoms with Crippen molar-refractivity contribution in [2.24, 2.45) is 0 Å². The number of benzene rings is 1. The van der Waals surface area contributed by atoms with Gasteiger partial charge in [-0.3, -0.25) is 14.8 Å². The van der Waals surface area contributed by atoms with E-state index in [0.29, 0.717) is 29.2 Å². The van der Waals surface area contributed by atoms with Crippen LogP contribution in [-0.4, -0.2) is 27.0 Å². The molecule has 0 spiro atoms. The van der Waals surface area contributed by atoms with E-state index in [0.717, 1.165) is 35.2 Å². The molecule has 2 amide bonds. The highest BCUT2D eigenvalue weighted by Crippen LogP contribution is 2.34. The highest BCUT2D eigenvalue weighted by atomic mass is 32.1. The minimum absolute atomic E-state index is 0.0798. The molecule has 160 valence electrons. The fraction of sp³-hybridized carbons (Fsp3) is 0.286. The maximum Gasteiger partial charge on any atom is 0.243 e. The third kappa shape index (κ3) is 6.47. The Morgan fingerprint density at radius 2 is 1.84 bits per heavy atom. The lowest BCUT2D eigenvalue weighted by Crippen LogP contribution is -2.17. The minimum atomic E-state index is -0.391. The Hall–Kier alpha value is -3.55. The number of aromatic nitrogens is 2. The molecule has 2 aromatic heterocycles. The molecule has 0 radical (unpaired) electrons. The predicted molar refractivity (Wildman–Crippen MR) is 118 cm³/mol. The fourth-order valence-electron chi connectivity index (χ4n) is 2.99. The van der Waals surface area contributed by atoms with Crippen LogP contribution in [0.15, 0.2) is 36.7 Å². The van der Waals surface area contributed by atoms with Gasteiger partial charge in [-0.25, -0.2) is 15.4 Å². The molecule has 2 heterocycles. The molecule has 0 atom stereocenters. The first-order valence-electron chi connectivity index (χ1n) is 9.83. The zero-order valence-corrected chi connectivity index (χ0v) is 17.5. The first-order valence-corrected chi connectivity index (χ1v) is 10.6. The van der Waals surface area contributed by atoms with Crippen LogP contribution >= 0.6 is 11.3 Å². The number of unbranched alkanes of at least 4 members (excludes halogenated alkanes) is 3. The third-order valence-corrected chi connectivity index (χ3v) is 5.56. The molecule has 0 aliphatic heterocycles. The molecule has 0 fully saturated rings. The molecule has 9 nitrogen and oxygen atoms in total. The Morgan fingerprint density at radius 3 is 2.58 bits per heavy atom. The van der Waals surface area contributed by atoms with Gasteiger partial charge in [0.1, 0.15) is 6.33 Å². The van der Waals surface area contributed by atoms with Crippen molar-refractivity contribution >= 4 is 49.9 Å². The molecule has 0 saturated carbocycles. The Kier molecular flexibility index (Phi) is 7.86. The Balaban J connectivity index is 1.55. The lowest BCUT2D eigenvalue weighted by atomic mass is 10.1. The molecule has 0 bridgehead atoms. The van der Waals surface area contributed by atoms with Gasteiger partial charge in [-0.1, -0.05) is 18.9 Å². The van der Waals surface area contributed by atoms with Crippen molar-refractivity contribution in [2.75, 3.05) is 10.6 Å². The van der Waals surface area contributed by atoms with Gasteiger partial charge in [0.05, 0.1) is 26.9 Å². The van der Waals surface area contributed by atoms with Crippen LogP contribution in [0.3, 0.4) is 0 Å². The van der Waals surface area contributed by atoms with Crippen molar-refractivity contribution in [1.82, 2.24) is 15.4 Å². The lowest BCUT2D eigenvalue weighted by molar-refractivity contribution is -0.129. The van der Waals surface area contributed by atoms with Crippen molar-refractivity contribution in [1.29, 1.82) is 5.26 Å². The molecular formula is C21H22N6O3S. The predicted octanol–water partition coefficient (Wildman–Crippen LogP) is 4.09. The summed E-state index contributed by atoms with van der Waals surface area (Å²) in [6, 6.07) is 11.0. The second kappa shape index (κ2) is 11.0. The summed E-state index contributed by atoms with van der Waals surface area (Å²) in [5.41, 5.74) is 3.62. The number of anilines is 3. The van der Waals surface area contributed by atoms with Crippen LogP contribution < -0.4 is 16.1 Å². The molecule has 4 N–H and O–H groups in total. The van der Waals surface area contributed by atoms with Crippen molar-refractivity contribution < 1.29 is 14.8 Å². The summed E-state index contributed by atoms with van der Waals surface area (Å²) < 4.78 is 0.808. The maximum atomic E-state index is 12.2. The van der Waals surface area contributed by atoms with Gasteiger partial charge in [0.25, 0.3) is 0 Å². The van der Waals surface area contributed by atoms with E-state index in [4.69, 9.17) is 10.5 Å². The maximum absolute atomic E-state index is 12.2. The van der Waals surface area contributed by atoms with Gasteiger partial charge in [-0.2, -0.15) is 5.26 Å². The van der Waals surface area contributed by atoms with Gasteiger partial charge in [-0.05, 0) is 37.1 Å². The summed E-state index contributed by atoms with van der Waals surface area (Å²) >= 11 is 1.38. The first-order chi connectivity index (χ1) is 15.1. The summed E-state index contributed by atoms with van der Waals surface area (Å²) in [6.07, 6.45) is 5.17. The topological polar surface area (TPSA) is 140 Å². The van der Waals surface area contributed by atoms with Crippen LogP contribution in [0.4, 0.5) is 16.5 Å². The summed E-state index contributed by atoms with van der Waals surface area (Å²) in [6.45, 7) is 0. The Bertz CT molecular complexity index is 1110. The van der Waals surface area contributed by atoms with Gasteiger partial charge >= 0.3 is 0 Å². The number of nitrogens with zero attached hydrogens (tertiary/aromatic N) is 3. The van der Waals surface area contributed by atoms with Crippen molar-refractivity contribution in [3.8, 4) is 6.07 Å². The van der Waals surface area contributed by atoms with E-state index in [9.17, 15) is 9.59 Å². The van der Waals surface area contributed by atoms with Crippen LogP contribution in [0.2, 0.25) is 0 Å². The van der Waals surface area contributed by atoms with E-state index >= 15 is 0 Å². The number of carbonyl (C=O) groups is 2. The van der Waals surface area contributed by atoms with Crippen LogP contribution in [0, 0.1) is 11.3 Å². The largest absolute Gasteiger partial charge is 0.339 e. The Morgan fingerprint density at radius 1 is 1.06 bits per heavy atom. The minimum Gasteiger partial charge on any atom is -0.339 e. The van der Waals surface area contributed by atoms with Crippen molar-refractivity contribution in [3.05, 3.63) is 42.2 Å². The van der Waals surface area contributed by atoms with Gasteiger partial charge in [0, 0.05) is 18.5 Å². The average Bonchev–Trinajstić information content (AvgIpc) is 3.19. The Labute approximate surface area is 183 Å². The second-order valence-corrected chi connectivity index (χ2v) is 7.91. The molecule has 31 heavy (non-hydrogen) atoms. The smallest absolute Gasteiger partial charge is 0.243 e. The standard InChI is InChI=1S/C21H22N6O3S/c22-12-14-6-5-7-15(10-14)25-21-20-16(23-13-24-21)11-19(31-20)26-17(28)8-3-1-2-4-9-18(29)27-30/h5-7,10-11,13,30H,1-4,8-9H2,(H,26,28)(H,27,29)(H,23,24,25). The summed E-state index contributed by atoms with van der Waals surface area (Å²) in [4.78, 5) is 31.7. The summed E-state index contributed by atoms with van der Waals surface area (Å²) in [5, 5.41) is 24.3. The van der Waals surface area contributed by atoms with E-state index < -0.39 is 5.91 Å². The molecular weight excluding hydrogens is 416 g/mol. The molecule has 0 saturated heterocycles. The van der Waals surface area contributed by atoms with Gasteiger partial charge < -0.3 is 10.6 Å². The number of hydrogen-bond donors (Lipinski definition) is 4. The van der Waals surface area contributed by atoms with E-state index in [1.807, 2.05) is 12.1 Å². The fourth-order valence-corrected chi connectivity index (χ4v) is 3.96. The number of amides is 2. The quantitative estimate of drug-likeness (QED) is 0.212. The second-order valence-electron chi connectivity index (χ2n) is 6.86. The number of hydroxylamine groups is 1. The first kappa shape index (κ1) is 22.1. The summed E-state index contributed by atoms with van der Waals surface area (Å²) in [7, 11) is 0. The zero-order valence-electron chi connectivity index (χ0n) is 16.7. The highest BCUT2D eigenvalue weighted by molar-refractivity contribution is 7.23. The zero-order chi connectivity index (χ0) is 22.1. The van der Waals surface area contributed by atoms with Crippen LogP contribution in [0.5, 0.6) is 0 Å². The van der Waals surface area contributed by atoms with Crippen molar-refractivity contribution in [3.63, 3.8) is 0 Å². The molecule has 0 aliphatic carbocycles. The normalized spacial score (nSPS) is 10.5. The number of hydrogen-bond acceptors (Lipinski definition) is 8. The van der Waals surface area contributed by atoms with Gasteiger partial charge in [0.2, 0.25) is 11.8 Å². The van der Waals surface area contributed by atoms with Crippen LogP contribution in [0.1, 0.15) is 44.1 Å². The third-order valence-electron chi connectivity index (χ3n) is 4.51. The van der Waals surface area contributed by atoms with E-state index in [1.54, 1.807) is 23.7 Å². The SMILES string of the molecule is N#Cc1cccc(Nc2ncnc3cc(NC(=O)CCCCCCC(=O)NO)sc23)c1. The number of nitrogens with one attached hydrogen (secondary N) is 3. The molecule has 1 aromatic carbocycles. The number of nitriles is 1. The summed E-state index contributed by atoms with van der Waals surface area (Å²) in [5.74, 6) is 0.138. The molecule has 3 rings (SSSR count). The van der Waals surface area contributed by atoms with E-state index in [2.05, 4.69) is 26.7 Å². The highest BCUT2D eigenvalue weighted by Gasteiger charge is 2.11. The average molecular weight is 439 g/mol. The lowest BCUT2D eigenvalue weighted by Gasteiger charge is -2.06. The van der Waals surface area contributed by atoms with Gasteiger partial charge in [-0.15, -0.1) is 11.3 Å². The van der Waals surface area contributed by atoms with Crippen molar-refractivity contribution in [2.45, 2.75) is 38.5 Å². The molecule has 10 heteroatoms. The van der Waals surface area contributed by atoms with Gasteiger partial charge in [0.15, 0.2) is 5.82 Å². The monoisotopic (exact) mass is 438 g/mol. The van der Waals surface area contributed by atoms with Crippen LogP contribution in [-0.2, 0) is 9.59 Å². The molecule has 0 unspecified atom stereocenters. The van der Waals surface area contributed by atoms with Crippen LogP contribution in [0.25, 0.3) is 10.2 Å². The van der Waals surface area contributed by atoms with E-state index in [1.165, 1.54) is 17.7 Å². The molecule has 3 aromatic rings. The van der Waals surface area contributed by atoms with E-state index in [-0.39, 0.29) is 12.3 Å². The molecule has 0 aliphatic rings. The number of thiophene rings is 1.